The number of carbonyl (C=O) groups is 1. The fraction of sp³-hybridized carbons (Fsp3) is 0.0714. The minimum Gasteiger partial charge on any atom is -0.497 e. The summed E-state index contributed by atoms with van der Waals surface area (Å²) >= 11 is 0. The predicted octanol–water partition coefficient (Wildman–Crippen LogP) is 3.05. The minimum atomic E-state index is -1.03. The van der Waals surface area contributed by atoms with Crippen LogP contribution in [0.3, 0.4) is 0 Å². The monoisotopic (exact) mass is 288 g/mol. The highest BCUT2D eigenvalue weighted by molar-refractivity contribution is 5.88. The van der Waals surface area contributed by atoms with Crippen LogP contribution in [0.4, 0.5) is 17.1 Å². The van der Waals surface area contributed by atoms with Gasteiger partial charge >= 0.3 is 5.97 Å². The molecule has 0 aliphatic heterocycles. The van der Waals surface area contributed by atoms with Crippen molar-refractivity contribution in [2.24, 2.45) is 0 Å². The minimum absolute atomic E-state index is 0.0990. The summed E-state index contributed by atoms with van der Waals surface area (Å²) in [4.78, 5) is 21.3. The molecule has 2 N–H and O–H groups in total. The Balaban J connectivity index is 2.33. The standard InChI is InChI=1S/C14H12N2O5/c1-21-11-6-7-13(16(19)20)12(8-11)15-10-4-2-9(3-5-10)14(17)18/h2-8,15H,1H3,(H,17,18). The van der Waals surface area contributed by atoms with E-state index >= 15 is 0 Å². The van der Waals surface area contributed by atoms with Gasteiger partial charge in [0.05, 0.1) is 17.6 Å². The van der Waals surface area contributed by atoms with Crippen molar-refractivity contribution < 1.29 is 19.6 Å². The van der Waals surface area contributed by atoms with Crippen molar-refractivity contribution in [3.8, 4) is 5.75 Å². The molecule has 0 saturated carbocycles. The molecule has 21 heavy (non-hydrogen) atoms. The average molecular weight is 288 g/mol. The summed E-state index contributed by atoms with van der Waals surface area (Å²) < 4.78 is 5.04. The van der Waals surface area contributed by atoms with Gasteiger partial charge in [-0.2, -0.15) is 0 Å². The fourth-order valence-electron chi connectivity index (χ4n) is 1.75. The maximum absolute atomic E-state index is 11.0. The first-order chi connectivity index (χ1) is 10.0. The van der Waals surface area contributed by atoms with E-state index in [1.54, 1.807) is 0 Å². The number of nitro benzene ring substituents is 1. The number of rotatable bonds is 5. The van der Waals surface area contributed by atoms with Gasteiger partial charge in [-0.1, -0.05) is 0 Å². The van der Waals surface area contributed by atoms with Gasteiger partial charge in [0, 0.05) is 17.8 Å². The molecular formula is C14H12N2O5. The molecule has 0 aliphatic carbocycles. The number of methoxy groups -OCH3 is 1. The normalized spacial score (nSPS) is 9.95. The van der Waals surface area contributed by atoms with E-state index < -0.39 is 10.9 Å². The zero-order valence-electron chi connectivity index (χ0n) is 11.1. The van der Waals surface area contributed by atoms with Crippen LogP contribution in [0.15, 0.2) is 42.5 Å². The van der Waals surface area contributed by atoms with Gasteiger partial charge in [0.1, 0.15) is 11.4 Å². The van der Waals surface area contributed by atoms with Crippen molar-refractivity contribution >= 4 is 23.0 Å². The van der Waals surface area contributed by atoms with Gasteiger partial charge < -0.3 is 15.2 Å². The second-order valence-corrected chi connectivity index (χ2v) is 4.15. The number of nitrogens with one attached hydrogen (secondary N) is 1. The Morgan fingerprint density at radius 2 is 1.90 bits per heavy atom. The fourth-order valence-corrected chi connectivity index (χ4v) is 1.75. The number of benzene rings is 2. The highest BCUT2D eigenvalue weighted by atomic mass is 16.6. The first kappa shape index (κ1) is 14.3. The van der Waals surface area contributed by atoms with Crippen LogP contribution in [0.2, 0.25) is 0 Å². The van der Waals surface area contributed by atoms with E-state index in [1.165, 1.54) is 49.6 Å². The van der Waals surface area contributed by atoms with E-state index in [9.17, 15) is 14.9 Å². The molecular weight excluding hydrogens is 276 g/mol. The summed E-state index contributed by atoms with van der Waals surface area (Å²) in [6.07, 6.45) is 0. The lowest BCUT2D eigenvalue weighted by Crippen LogP contribution is -1.99. The average Bonchev–Trinajstić information content (AvgIpc) is 2.47. The second-order valence-electron chi connectivity index (χ2n) is 4.15. The van der Waals surface area contributed by atoms with Crippen molar-refractivity contribution in [2.75, 3.05) is 12.4 Å². The molecule has 0 radical (unpaired) electrons. The van der Waals surface area contributed by atoms with Crippen molar-refractivity contribution in [2.45, 2.75) is 0 Å². The number of aromatic carboxylic acids is 1. The summed E-state index contributed by atoms with van der Waals surface area (Å²) in [6.45, 7) is 0. The Hall–Kier alpha value is -3.09. The molecule has 2 aromatic rings. The van der Waals surface area contributed by atoms with E-state index in [0.717, 1.165) is 0 Å². The molecule has 7 heteroatoms. The van der Waals surface area contributed by atoms with Crippen LogP contribution in [0.25, 0.3) is 0 Å². The lowest BCUT2D eigenvalue weighted by Gasteiger charge is -2.09. The molecule has 7 nitrogen and oxygen atoms in total. The van der Waals surface area contributed by atoms with Crippen molar-refractivity contribution in [1.82, 2.24) is 0 Å². The van der Waals surface area contributed by atoms with E-state index in [-0.39, 0.29) is 16.9 Å². The summed E-state index contributed by atoms with van der Waals surface area (Å²) in [5.41, 5.74) is 0.845. The van der Waals surface area contributed by atoms with Crippen LogP contribution in [0.1, 0.15) is 10.4 Å². The number of carboxylic acid groups (broad SMARTS) is 1. The van der Waals surface area contributed by atoms with Gasteiger partial charge in [-0.25, -0.2) is 4.79 Å². The Morgan fingerprint density at radius 1 is 1.24 bits per heavy atom. The molecule has 0 aliphatic rings. The third-order valence-electron chi connectivity index (χ3n) is 2.81. The Bertz CT molecular complexity index is 682. The number of ether oxygens (including phenoxy) is 1. The lowest BCUT2D eigenvalue weighted by atomic mass is 10.2. The summed E-state index contributed by atoms with van der Waals surface area (Å²) in [6, 6.07) is 10.2. The van der Waals surface area contributed by atoms with Crippen LogP contribution in [0, 0.1) is 10.1 Å². The second kappa shape index (κ2) is 5.91. The topological polar surface area (TPSA) is 102 Å². The number of nitro groups is 1. The zero-order valence-corrected chi connectivity index (χ0v) is 11.1. The summed E-state index contributed by atoms with van der Waals surface area (Å²) in [7, 11) is 1.46. The van der Waals surface area contributed by atoms with Gasteiger partial charge in [-0.15, -0.1) is 0 Å². The third-order valence-corrected chi connectivity index (χ3v) is 2.81. The van der Waals surface area contributed by atoms with Gasteiger partial charge in [-0.3, -0.25) is 10.1 Å². The molecule has 0 spiro atoms. The highest BCUT2D eigenvalue weighted by Gasteiger charge is 2.15. The number of hydrogen-bond donors (Lipinski definition) is 2. The van der Waals surface area contributed by atoms with Gasteiger partial charge in [0.2, 0.25) is 0 Å². The number of nitrogens with zero attached hydrogens (tertiary/aromatic N) is 1. The van der Waals surface area contributed by atoms with Crippen molar-refractivity contribution in [1.29, 1.82) is 0 Å². The summed E-state index contributed by atoms with van der Waals surface area (Å²) in [5.74, 6) is -0.556. The number of carboxylic acids is 1. The molecule has 0 amide bonds. The quantitative estimate of drug-likeness (QED) is 0.647. The molecule has 0 heterocycles. The molecule has 0 saturated heterocycles. The lowest BCUT2D eigenvalue weighted by molar-refractivity contribution is -0.383. The van der Waals surface area contributed by atoms with Crippen LogP contribution < -0.4 is 10.1 Å². The first-order valence-corrected chi connectivity index (χ1v) is 5.94. The molecule has 0 aromatic heterocycles. The van der Waals surface area contributed by atoms with Crippen LogP contribution in [-0.2, 0) is 0 Å². The predicted molar refractivity (Wildman–Crippen MR) is 76.3 cm³/mol. The van der Waals surface area contributed by atoms with Gasteiger partial charge in [0.15, 0.2) is 0 Å². The van der Waals surface area contributed by atoms with Crippen LogP contribution in [-0.4, -0.2) is 23.1 Å². The number of hydrogen-bond acceptors (Lipinski definition) is 5. The van der Waals surface area contributed by atoms with E-state index in [4.69, 9.17) is 9.84 Å². The van der Waals surface area contributed by atoms with E-state index in [0.29, 0.717) is 11.4 Å². The highest BCUT2D eigenvalue weighted by Crippen LogP contribution is 2.31. The Kier molecular flexibility index (Phi) is 4.03. The van der Waals surface area contributed by atoms with Crippen LogP contribution >= 0.6 is 0 Å². The molecule has 0 atom stereocenters. The van der Waals surface area contributed by atoms with Crippen LogP contribution in [0.5, 0.6) is 5.75 Å². The smallest absolute Gasteiger partial charge is 0.335 e. The SMILES string of the molecule is COc1ccc([N+](=O)[O-])c(Nc2ccc(C(=O)O)cc2)c1. The Morgan fingerprint density at radius 3 is 2.43 bits per heavy atom. The molecule has 108 valence electrons. The first-order valence-electron chi connectivity index (χ1n) is 5.94. The molecule has 2 rings (SSSR count). The third kappa shape index (κ3) is 3.27. The molecule has 0 fully saturated rings. The molecule has 2 aromatic carbocycles. The zero-order chi connectivity index (χ0) is 15.4. The largest absolute Gasteiger partial charge is 0.497 e. The maximum atomic E-state index is 11.0. The molecule has 0 bridgehead atoms. The maximum Gasteiger partial charge on any atom is 0.335 e. The van der Waals surface area contributed by atoms with Gasteiger partial charge in [0.25, 0.3) is 5.69 Å². The van der Waals surface area contributed by atoms with E-state index in [2.05, 4.69) is 5.32 Å². The van der Waals surface area contributed by atoms with Crippen molar-refractivity contribution in [3.05, 3.63) is 58.1 Å². The van der Waals surface area contributed by atoms with E-state index in [1.807, 2.05) is 0 Å². The summed E-state index contributed by atoms with van der Waals surface area (Å²) in [5, 5.41) is 22.7. The Labute approximate surface area is 119 Å². The van der Waals surface area contributed by atoms with Crippen molar-refractivity contribution in [3.63, 3.8) is 0 Å². The number of anilines is 2. The molecule has 0 unspecified atom stereocenters. The van der Waals surface area contributed by atoms with Gasteiger partial charge in [-0.05, 0) is 30.3 Å².